The number of carbonyl (C=O) groups is 2. The molecule has 3 N–H and O–H groups in total. The van der Waals surface area contributed by atoms with Crippen LogP contribution in [-0.2, 0) is 4.79 Å². The first kappa shape index (κ1) is 16.2. The maximum atomic E-state index is 11.6. The Bertz CT molecular complexity index is 659. The van der Waals surface area contributed by atoms with Crippen molar-refractivity contribution < 1.29 is 14.3 Å². The third kappa shape index (κ3) is 4.41. The van der Waals surface area contributed by atoms with Crippen LogP contribution >= 0.6 is 23.2 Å². The molecule has 2 aromatic rings. The van der Waals surface area contributed by atoms with Crippen molar-refractivity contribution in [3.8, 4) is 5.75 Å². The number of ether oxygens (including phenoxy) is 1. The lowest BCUT2D eigenvalue weighted by molar-refractivity contribution is -0.122. The van der Waals surface area contributed by atoms with E-state index in [1.807, 2.05) is 0 Å². The number of hydrogen-bond donors (Lipinski definition) is 3. The van der Waals surface area contributed by atoms with Gasteiger partial charge in [0.15, 0.2) is 0 Å². The Kier molecular flexibility index (Phi) is 5.68. The molecule has 1 heterocycles. The molecule has 0 aliphatic rings. The topological polar surface area (TPSA) is 83.2 Å². The highest BCUT2D eigenvalue weighted by Crippen LogP contribution is 2.31. The fraction of sp³-hybridized carbons (Fsp3) is 0.143. The quantitative estimate of drug-likeness (QED) is 0.731. The fourth-order valence-electron chi connectivity index (χ4n) is 1.58. The molecule has 0 fully saturated rings. The van der Waals surface area contributed by atoms with Crippen molar-refractivity contribution in [1.82, 2.24) is 15.8 Å². The Hall–Kier alpha value is -2.18. The first-order valence-electron chi connectivity index (χ1n) is 6.37. The molecule has 8 heteroatoms. The molecule has 0 spiro atoms. The zero-order chi connectivity index (χ0) is 15.9. The van der Waals surface area contributed by atoms with E-state index in [2.05, 4.69) is 15.8 Å². The molecule has 116 valence electrons. The minimum atomic E-state index is -0.433. The molecule has 0 radical (unpaired) electrons. The Balaban J connectivity index is 1.72. The first-order chi connectivity index (χ1) is 10.6. The minimum absolute atomic E-state index is 0.0495. The Morgan fingerprint density at radius 1 is 1.14 bits per heavy atom. The number of carbonyl (C=O) groups excluding carboxylic acids is 2. The average molecular weight is 342 g/mol. The van der Waals surface area contributed by atoms with Crippen molar-refractivity contribution in [3.05, 3.63) is 52.3 Å². The number of hydrogen-bond acceptors (Lipinski definition) is 3. The number of aromatic nitrogens is 1. The van der Waals surface area contributed by atoms with Crippen molar-refractivity contribution in [2.75, 3.05) is 6.61 Å². The monoisotopic (exact) mass is 341 g/mol. The summed E-state index contributed by atoms with van der Waals surface area (Å²) in [5, 5.41) is 0.673. The molecule has 22 heavy (non-hydrogen) atoms. The van der Waals surface area contributed by atoms with Crippen LogP contribution in [0.25, 0.3) is 0 Å². The van der Waals surface area contributed by atoms with Crippen LogP contribution in [-0.4, -0.2) is 23.4 Å². The summed E-state index contributed by atoms with van der Waals surface area (Å²) in [5.41, 5.74) is 4.92. The number of nitrogens with one attached hydrogen (secondary N) is 3. The summed E-state index contributed by atoms with van der Waals surface area (Å²) in [6.07, 6.45) is 1.66. The van der Waals surface area contributed by atoms with Crippen molar-refractivity contribution in [1.29, 1.82) is 0 Å². The third-order valence-electron chi connectivity index (χ3n) is 2.66. The van der Waals surface area contributed by atoms with E-state index in [0.717, 1.165) is 0 Å². The summed E-state index contributed by atoms with van der Waals surface area (Å²) in [6, 6.07) is 8.25. The largest absolute Gasteiger partial charge is 0.491 e. The Labute approximate surface area is 136 Å². The van der Waals surface area contributed by atoms with Crippen LogP contribution in [0.3, 0.4) is 0 Å². The van der Waals surface area contributed by atoms with E-state index in [1.54, 1.807) is 36.5 Å². The molecule has 0 aliphatic heterocycles. The average Bonchev–Trinajstić information content (AvgIpc) is 3.03. The summed E-state index contributed by atoms with van der Waals surface area (Å²) < 4.78 is 5.37. The predicted molar refractivity (Wildman–Crippen MR) is 83.0 cm³/mol. The second-order valence-corrected chi connectivity index (χ2v) is 5.02. The SMILES string of the molecule is O=C(CCOc1cccc(Cl)c1Cl)NNC(=O)c1ccc[nH]1. The normalized spacial score (nSPS) is 10.1. The van der Waals surface area contributed by atoms with Gasteiger partial charge in [0.2, 0.25) is 5.91 Å². The summed E-state index contributed by atoms with van der Waals surface area (Å²) in [7, 11) is 0. The van der Waals surface area contributed by atoms with Gasteiger partial charge in [0.25, 0.3) is 5.91 Å². The van der Waals surface area contributed by atoms with E-state index in [0.29, 0.717) is 21.5 Å². The van der Waals surface area contributed by atoms with Crippen LogP contribution in [0.2, 0.25) is 10.0 Å². The maximum absolute atomic E-state index is 11.6. The first-order valence-corrected chi connectivity index (χ1v) is 7.13. The molecule has 0 atom stereocenters. The molecule has 1 aromatic heterocycles. The summed E-state index contributed by atoms with van der Waals surface area (Å²) in [6.45, 7) is 0.101. The van der Waals surface area contributed by atoms with Crippen molar-refractivity contribution in [3.63, 3.8) is 0 Å². The van der Waals surface area contributed by atoms with Gasteiger partial charge in [-0.2, -0.15) is 0 Å². The number of halogens is 2. The second-order valence-electron chi connectivity index (χ2n) is 4.24. The van der Waals surface area contributed by atoms with Gasteiger partial charge in [-0.25, -0.2) is 0 Å². The summed E-state index contributed by atoms with van der Waals surface area (Å²) in [5.74, 6) is -0.424. The molecule has 0 saturated carbocycles. The summed E-state index contributed by atoms with van der Waals surface area (Å²) >= 11 is 11.8. The van der Waals surface area contributed by atoms with Gasteiger partial charge in [0.1, 0.15) is 16.5 Å². The van der Waals surface area contributed by atoms with E-state index < -0.39 is 11.8 Å². The van der Waals surface area contributed by atoms with E-state index in [1.165, 1.54) is 0 Å². The Morgan fingerprint density at radius 2 is 1.95 bits per heavy atom. The number of benzene rings is 1. The van der Waals surface area contributed by atoms with Crippen molar-refractivity contribution in [2.45, 2.75) is 6.42 Å². The summed E-state index contributed by atoms with van der Waals surface area (Å²) in [4.78, 5) is 25.9. The molecule has 0 bridgehead atoms. The van der Waals surface area contributed by atoms with E-state index in [4.69, 9.17) is 27.9 Å². The van der Waals surface area contributed by atoms with Crippen LogP contribution in [0.4, 0.5) is 0 Å². The highest BCUT2D eigenvalue weighted by Gasteiger charge is 2.09. The molecule has 0 unspecified atom stereocenters. The third-order valence-corrected chi connectivity index (χ3v) is 3.46. The van der Waals surface area contributed by atoms with Crippen LogP contribution in [0.15, 0.2) is 36.5 Å². The molecule has 1 aromatic carbocycles. The number of aromatic amines is 1. The standard InChI is InChI=1S/C14H13Cl2N3O3/c15-9-3-1-5-11(13(9)16)22-8-6-12(20)18-19-14(21)10-4-2-7-17-10/h1-5,7,17H,6,8H2,(H,18,20)(H,19,21). The zero-order valence-electron chi connectivity index (χ0n) is 11.4. The molecule has 2 rings (SSSR count). The molecule has 0 aliphatic carbocycles. The fourth-order valence-corrected chi connectivity index (χ4v) is 1.92. The number of hydrazine groups is 1. The highest BCUT2D eigenvalue weighted by atomic mass is 35.5. The molecule has 0 saturated heterocycles. The Morgan fingerprint density at radius 3 is 2.68 bits per heavy atom. The highest BCUT2D eigenvalue weighted by molar-refractivity contribution is 6.42. The van der Waals surface area contributed by atoms with Gasteiger partial charge in [-0.15, -0.1) is 0 Å². The molecule has 2 amide bonds. The van der Waals surface area contributed by atoms with Gasteiger partial charge in [-0.1, -0.05) is 29.3 Å². The number of H-pyrrole nitrogens is 1. The van der Waals surface area contributed by atoms with Gasteiger partial charge in [0.05, 0.1) is 18.1 Å². The number of amides is 2. The van der Waals surface area contributed by atoms with Crippen LogP contribution in [0.1, 0.15) is 16.9 Å². The lowest BCUT2D eigenvalue weighted by Crippen LogP contribution is -2.42. The predicted octanol–water partition coefficient (Wildman–Crippen LogP) is 2.55. The van der Waals surface area contributed by atoms with E-state index in [9.17, 15) is 9.59 Å². The number of rotatable bonds is 5. The zero-order valence-corrected chi connectivity index (χ0v) is 12.9. The smallest absolute Gasteiger partial charge is 0.286 e. The van der Waals surface area contributed by atoms with Gasteiger partial charge < -0.3 is 9.72 Å². The van der Waals surface area contributed by atoms with Gasteiger partial charge in [-0.05, 0) is 24.3 Å². The molecular formula is C14H13Cl2N3O3. The van der Waals surface area contributed by atoms with Gasteiger partial charge in [0, 0.05) is 6.20 Å². The van der Waals surface area contributed by atoms with Crippen molar-refractivity contribution in [2.24, 2.45) is 0 Å². The van der Waals surface area contributed by atoms with Crippen LogP contribution in [0, 0.1) is 0 Å². The lowest BCUT2D eigenvalue weighted by atomic mass is 10.3. The molecular weight excluding hydrogens is 329 g/mol. The van der Waals surface area contributed by atoms with Crippen LogP contribution < -0.4 is 15.6 Å². The van der Waals surface area contributed by atoms with Crippen molar-refractivity contribution >= 4 is 35.0 Å². The maximum Gasteiger partial charge on any atom is 0.286 e. The van der Waals surface area contributed by atoms with Gasteiger partial charge >= 0.3 is 0 Å². The van der Waals surface area contributed by atoms with E-state index >= 15 is 0 Å². The van der Waals surface area contributed by atoms with Crippen LogP contribution in [0.5, 0.6) is 5.75 Å². The molecule has 6 nitrogen and oxygen atoms in total. The second kappa shape index (κ2) is 7.72. The van der Waals surface area contributed by atoms with E-state index in [-0.39, 0.29) is 13.0 Å². The minimum Gasteiger partial charge on any atom is -0.491 e. The lowest BCUT2D eigenvalue weighted by Gasteiger charge is -2.09. The van der Waals surface area contributed by atoms with Gasteiger partial charge in [-0.3, -0.25) is 20.4 Å².